The molecule has 122 valence electrons. The van der Waals surface area contributed by atoms with E-state index in [1.54, 1.807) is 7.11 Å². The average Bonchev–Trinajstić information content (AvgIpc) is 2.96. The third-order valence-corrected chi connectivity index (χ3v) is 4.59. The lowest BCUT2D eigenvalue weighted by Crippen LogP contribution is -2.39. The van der Waals surface area contributed by atoms with Crippen LogP contribution in [0.15, 0.2) is 16.8 Å². The molecule has 2 heterocycles. The maximum atomic E-state index is 12.4. The highest BCUT2D eigenvalue weighted by molar-refractivity contribution is 7.08. The Labute approximate surface area is 134 Å². The maximum Gasteiger partial charge on any atom is 0.254 e. The van der Waals surface area contributed by atoms with Crippen LogP contribution in [0.25, 0.3) is 0 Å². The predicted octanol–water partition coefficient (Wildman–Crippen LogP) is 0.786. The van der Waals surface area contributed by atoms with Crippen molar-refractivity contribution in [3.05, 3.63) is 22.4 Å². The molecular formula is C15H23N3O3S. The summed E-state index contributed by atoms with van der Waals surface area (Å²) in [5, 5.41) is 3.76. The molecule has 2 N–H and O–H groups in total. The van der Waals surface area contributed by atoms with Crippen molar-refractivity contribution in [2.45, 2.75) is 18.9 Å². The van der Waals surface area contributed by atoms with E-state index in [1.807, 2.05) is 26.6 Å². The van der Waals surface area contributed by atoms with Gasteiger partial charge in [0.15, 0.2) is 0 Å². The summed E-state index contributed by atoms with van der Waals surface area (Å²) in [6, 6.07) is 1.84. The minimum absolute atomic E-state index is 0.0436. The molecule has 1 fully saturated rings. The summed E-state index contributed by atoms with van der Waals surface area (Å²) >= 11 is 1.52. The zero-order valence-electron chi connectivity index (χ0n) is 12.9. The lowest BCUT2D eigenvalue weighted by Gasteiger charge is -2.23. The van der Waals surface area contributed by atoms with E-state index in [0.717, 1.165) is 12.0 Å². The van der Waals surface area contributed by atoms with Crippen molar-refractivity contribution in [2.75, 3.05) is 39.8 Å². The van der Waals surface area contributed by atoms with Gasteiger partial charge in [-0.2, -0.15) is 11.3 Å². The van der Waals surface area contributed by atoms with Gasteiger partial charge in [-0.1, -0.05) is 0 Å². The molecule has 22 heavy (non-hydrogen) atoms. The Morgan fingerprint density at radius 1 is 1.32 bits per heavy atom. The summed E-state index contributed by atoms with van der Waals surface area (Å²) in [4.78, 5) is 28.3. The zero-order valence-corrected chi connectivity index (χ0v) is 13.7. The molecule has 0 saturated carbocycles. The second-order valence-corrected chi connectivity index (χ2v) is 6.12. The summed E-state index contributed by atoms with van der Waals surface area (Å²) in [6.07, 6.45) is 0.854. The van der Waals surface area contributed by atoms with E-state index in [4.69, 9.17) is 10.5 Å². The number of methoxy groups -OCH3 is 1. The summed E-state index contributed by atoms with van der Waals surface area (Å²) in [6.45, 7) is 2.82. The Morgan fingerprint density at radius 3 is 2.68 bits per heavy atom. The van der Waals surface area contributed by atoms with Crippen LogP contribution in [0.1, 0.15) is 23.2 Å². The number of thiophene rings is 1. The minimum Gasteiger partial charge on any atom is -0.380 e. The van der Waals surface area contributed by atoms with Crippen molar-refractivity contribution >= 4 is 23.2 Å². The second kappa shape index (κ2) is 8.26. The van der Waals surface area contributed by atoms with Crippen LogP contribution >= 0.6 is 11.3 Å². The summed E-state index contributed by atoms with van der Waals surface area (Å²) in [5.41, 5.74) is 6.29. The molecule has 2 amide bonds. The molecule has 1 saturated heterocycles. The van der Waals surface area contributed by atoms with Gasteiger partial charge in [-0.3, -0.25) is 9.59 Å². The molecule has 1 aromatic heterocycles. The van der Waals surface area contributed by atoms with Gasteiger partial charge in [-0.05, 0) is 17.9 Å². The topological polar surface area (TPSA) is 75.9 Å². The molecule has 1 unspecified atom stereocenters. The smallest absolute Gasteiger partial charge is 0.254 e. The van der Waals surface area contributed by atoms with Crippen LogP contribution < -0.4 is 5.73 Å². The number of ether oxygens (including phenoxy) is 1. The Morgan fingerprint density at radius 2 is 2.05 bits per heavy atom. The van der Waals surface area contributed by atoms with Crippen LogP contribution in [0.4, 0.5) is 0 Å². The van der Waals surface area contributed by atoms with Gasteiger partial charge in [0.05, 0.1) is 18.1 Å². The van der Waals surface area contributed by atoms with E-state index in [9.17, 15) is 9.59 Å². The van der Waals surface area contributed by atoms with Gasteiger partial charge in [0.2, 0.25) is 5.91 Å². The highest BCUT2D eigenvalue weighted by Crippen LogP contribution is 2.13. The number of hydrogen-bond acceptors (Lipinski definition) is 5. The molecule has 1 atom stereocenters. The molecule has 0 radical (unpaired) electrons. The molecular weight excluding hydrogens is 302 g/mol. The number of amides is 2. The Kier molecular flexibility index (Phi) is 6.35. The van der Waals surface area contributed by atoms with Crippen LogP contribution in [0.5, 0.6) is 0 Å². The van der Waals surface area contributed by atoms with Crippen molar-refractivity contribution in [1.29, 1.82) is 0 Å². The van der Waals surface area contributed by atoms with Crippen molar-refractivity contribution in [3.63, 3.8) is 0 Å². The minimum atomic E-state index is -0.237. The lowest BCUT2D eigenvalue weighted by molar-refractivity contribution is -0.133. The normalized spacial score (nSPS) is 17.2. The van der Waals surface area contributed by atoms with E-state index < -0.39 is 0 Å². The third kappa shape index (κ3) is 4.28. The molecule has 0 bridgehead atoms. The average molecular weight is 325 g/mol. The third-order valence-electron chi connectivity index (χ3n) is 3.90. The van der Waals surface area contributed by atoms with Gasteiger partial charge in [0.25, 0.3) is 5.91 Å². The number of carbonyl (C=O) groups is 2. The lowest BCUT2D eigenvalue weighted by atomic mass is 10.2. The van der Waals surface area contributed by atoms with Gasteiger partial charge in [0, 0.05) is 45.2 Å². The molecule has 1 aliphatic heterocycles. The SMILES string of the molecule is COC(CN)CC(=O)N1CCCN(C(=O)c2ccsc2)CC1. The first kappa shape index (κ1) is 16.9. The molecule has 0 aromatic carbocycles. The molecule has 6 nitrogen and oxygen atoms in total. The van der Waals surface area contributed by atoms with Gasteiger partial charge in [0.1, 0.15) is 0 Å². The number of hydrogen-bond donors (Lipinski definition) is 1. The van der Waals surface area contributed by atoms with E-state index in [2.05, 4.69) is 0 Å². The number of nitrogens with two attached hydrogens (primary N) is 1. The summed E-state index contributed by atoms with van der Waals surface area (Å²) in [5.74, 6) is 0.0920. The highest BCUT2D eigenvalue weighted by atomic mass is 32.1. The second-order valence-electron chi connectivity index (χ2n) is 5.34. The molecule has 7 heteroatoms. The predicted molar refractivity (Wildman–Crippen MR) is 85.9 cm³/mol. The molecule has 0 spiro atoms. The van der Waals surface area contributed by atoms with E-state index in [0.29, 0.717) is 39.1 Å². The summed E-state index contributed by atoms with van der Waals surface area (Å²) in [7, 11) is 1.56. The Hall–Kier alpha value is -1.44. The van der Waals surface area contributed by atoms with Crippen molar-refractivity contribution in [2.24, 2.45) is 5.73 Å². The number of carbonyl (C=O) groups excluding carboxylic acids is 2. The number of rotatable bonds is 5. The number of nitrogens with zero attached hydrogens (tertiary/aromatic N) is 2. The maximum absolute atomic E-state index is 12.4. The van der Waals surface area contributed by atoms with Crippen LogP contribution in [-0.4, -0.2) is 67.6 Å². The van der Waals surface area contributed by atoms with Crippen LogP contribution in [0, 0.1) is 0 Å². The molecule has 1 aromatic rings. The molecule has 1 aliphatic rings. The highest BCUT2D eigenvalue weighted by Gasteiger charge is 2.24. The van der Waals surface area contributed by atoms with Crippen LogP contribution in [0.2, 0.25) is 0 Å². The fraction of sp³-hybridized carbons (Fsp3) is 0.600. The first-order valence-electron chi connectivity index (χ1n) is 7.47. The fourth-order valence-electron chi connectivity index (χ4n) is 2.53. The molecule has 0 aliphatic carbocycles. The standard InChI is InChI=1S/C15H23N3O3S/c1-21-13(10-16)9-14(19)17-4-2-5-18(7-6-17)15(20)12-3-8-22-11-12/h3,8,11,13H,2,4-7,9-10,16H2,1H3. The van der Waals surface area contributed by atoms with Crippen molar-refractivity contribution in [1.82, 2.24) is 9.80 Å². The van der Waals surface area contributed by atoms with E-state index in [1.165, 1.54) is 11.3 Å². The Balaban J connectivity index is 1.89. The van der Waals surface area contributed by atoms with Crippen molar-refractivity contribution in [3.8, 4) is 0 Å². The fourth-order valence-corrected chi connectivity index (χ4v) is 3.16. The summed E-state index contributed by atoms with van der Waals surface area (Å²) < 4.78 is 5.16. The van der Waals surface area contributed by atoms with Gasteiger partial charge < -0.3 is 20.3 Å². The monoisotopic (exact) mass is 325 g/mol. The first-order chi connectivity index (χ1) is 10.7. The van der Waals surface area contributed by atoms with Crippen LogP contribution in [0.3, 0.4) is 0 Å². The quantitative estimate of drug-likeness (QED) is 0.868. The van der Waals surface area contributed by atoms with Gasteiger partial charge >= 0.3 is 0 Å². The largest absolute Gasteiger partial charge is 0.380 e. The zero-order chi connectivity index (χ0) is 15.9. The first-order valence-corrected chi connectivity index (χ1v) is 8.42. The van der Waals surface area contributed by atoms with Crippen LogP contribution in [-0.2, 0) is 9.53 Å². The molecule has 2 rings (SSSR count). The van der Waals surface area contributed by atoms with E-state index >= 15 is 0 Å². The van der Waals surface area contributed by atoms with Crippen molar-refractivity contribution < 1.29 is 14.3 Å². The van der Waals surface area contributed by atoms with Gasteiger partial charge in [-0.25, -0.2) is 0 Å². The van der Waals surface area contributed by atoms with Gasteiger partial charge in [-0.15, -0.1) is 0 Å². The Bertz CT molecular complexity index is 488. The van der Waals surface area contributed by atoms with E-state index in [-0.39, 0.29) is 17.9 Å².